The van der Waals surface area contributed by atoms with E-state index >= 15 is 0 Å². The number of hydrogen-bond acceptors (Lipinski definition) is 3. The molecule has 1 atom stereocenters. The monoisotopic (exact) mass is 323 g/mol. The third-order valence-electron chi connectivity index (χ3n) is 4.47. The lowest BCUT2D eigenvalue weighted by Crippen LogP contribution is -2.58. The maximum atomic E-state index is 12.2. The molecule has 0 aromatic heterocycles. The first-order valence-corrected chi connectivity index (χ1v) is 7.47. The van der Waals surface area contributed by atoms with E-state index in [1.54, 1.807) is 6.92 Å². The van der Waals surface area contributed by atoms with Crippen LogP contribution >= 0.6 is 12.4 Å². The fraction of sp³-hybridized carbons (Fsp3) is 0.500. The van der Waals surface area contributed by atoms with Crippen molar-refractivity contribution in [3.8, 4) is 0 Å². The molecule has 120 valence electrons. The SMILES string of the molecule is CC(=O)N1CCC2(CC1)NC(=O)[C@H](Cc1ccccc1)N2.Cl. The highest BCUT2D eigenvalue weighted by Gasteiger charge is 2.45. The van der Waals surface area contributed by atoms with Crippen LogP contribution in [0.1, 0.15) is 25.3 Å². The first-order valence-electron chi connectivity index (χ1n) is 7.47. The van der Waals surface area contributed by atoms with Gasteiger partial charge < -0.3 is 10.2 Å². The molecular formula is C16H22ClN3O2. The van der Waals surface area contributed by atoms with Crippen LogP contribution in [0.2, 0.25) is 0 Å². The smallest absolute Gasteiger partial charge is 0.238 e. The van der Waals surface area contributed by atoms with E-state index in [1.165, 1.54) is 0 Å². The van der Waals surface area contributed by atoms with Gasteiger partial charge in [0.15, 0.2) is 0 Å². The largest absolute Gasteiger partial charge is 0.343 e. The molecule has 0 bridgehead atoms. The Morgan fingerprint density at radius 1 is 1.27 bits per heavy atom. The van der Waals surface area contributed by atoms with Gasteiger partial charge in [0.2, 0.25) is 11.8 Å². The minimum atomic E-state index is -0.331. The number of hydrogen-bond donors (Lipinski definition) is 2. The third-order valence-corrected chi connectivity index (χ3v) is 4.47. The van der Waals surface area contributed by atoms with Crippen molar-refractivity contribution in [2.75, 3.05) is 13.1 Å². The van der Waals surface area contributed by atoms with E-state index in [-0.39, 0.29) is 35.9 Å². The summed E-state index contributed by atoms with van der Waals surface area (Å²) in [6.07, 6.45) is 2.23. The van der Waals surface area contributed by atoms with Gasteiger partial charge in [-0.1, -0.05) is 30.3 Å². The minimum Gasteiger partial charge on any atom is -0.343 e. The van der Waals surface area contributed by atoms with E-state index in [9.17, 15) is 9.59 Å². The van der Waals surface area contributed by atoms with Crippen LogP contribution in [0.25, 0.3) is 0 Å². The second-order valence-corrected chi connectivity index (χ2v) is 5.96. The van der Waals surface area contributed by atoms with Crippen LogP contribution in [0.5, 0.6) is 0 Å². The van der Waals surface area contributed by atoms with Crippen LogP contribution in [0.15, 0.2) is 30.3 Å². The Labute approximate surface area is 136 Å². The Kier molecular flexibility index (Phi) is 5.08. The molecule has 2 amide bonds. The summed E-state index contributed by atoms with van der Waals surface area (Å²) in [5.74, 6) is 0.171. The molecule has 2 heterocycles. The van der Waals surface area contributed by atoms with Gasteiger partial charge in [-0.2, -0.15) is 0 Å². The molecule has 6 heteroatoms. The molecule has 0 unspecified atom stereocenters. The summed E-state index contributed by atoms with van der Waals surface area (Å²) in [4.78, 5) is 25.4. The second kappa shape index (κ2) is 6.67. The Morgan fingerprint density at radius 2 is 1.91 bits per heavy atom. The third kappa shape index (κ3) is 3.42. The van der Waals surface area contributed by atoms with Crippen LogP contribution in [0.4, 0.5) is 0 Å². The van der Waals surface area contributed by atoms with Gasteiger partial charge in [-0.3, -0.25) is 14.9 Å². The summed E-state index contributed by atoms with van der Waals surface area (Å²) < 4.78 is 0. The zero-order valence-electron chi connectivity index (χ0n) is 12.7. The fourth-order valence-electron chi connectivity index (χ4n) is 3.22. The number of benzene rings is 1. The quantitative estimate of drug-likeness (QED) is 0.856. The molecule has 2 saturated heterocycles. The maximum absolute atomic E-state index is 12.2. The van der Waals surface area contributed by atoms with Gasteiger partial charge in [-0.25, -0.2) is 0 Å². The number of rotatable bonds is 2. The molecule has 2 N–H and O–H groups in total. The standard InChI is InChI=1S/C16H21N3O2.ClH/c1-12(20)19-9-7-16(8-10-19)17-14(15(21)18-16)11-13-5-3-2-4-6-13;/h2-6,14,17H,7-11H2,1H3,(H,18,21);1H/t14-;/m0./s1. The lowest BCUT2D eigenvalue weighted by molar-refractivity contribution is -0.130. The fourth-order valence-corrected chi connectivity index (χ4v) is 3.22. The maximum Gasteiger partial charge on any atom is 0.238 e. The first-order chi connectivity index (χ1) is 10.1. The summed E-state index contributed by atoms with van der Waals surface area (Å²) in [5, 5.41) is 6.58. The van der Waals surface area contributed by atoms with Gasteiger partial charge in [0, 0.05) is 32.9 Å². The highest BCUT2D eigenvalue weighted by molar-refractivity contribution is 5.85. The number of likely N-dealkylation sites (tertiary alicyclic amines) is 1. The van der Waals surface area contributed by atoms with Crippen molar-refractivity contribution < 1.29 is 9.59 Å². The van der Waals surface area contributed by atoms with Gasteiger partial charge in [0.1, 0.15) is 0 Å². The molecule has 2 aliphatic heterocycles. The Hall–Kier alpha value is -1.59. The highest BCUT2D eigenvalue weighted by atomic mass is 35.5. The molecule has 0 radical (unpaired) electrons. The lowest BCUT2D eigenvalue weighted by atomic mass is 9.97. The second-order valence-electron chi connectivity index (χ2n) is 5.96. The van der Waals surface area contributed by atoms with Crippen molar-refractivity contribution in [1.29, 1.82) is 0 Å². The zero-order valence-corrected chi connectivity index (χ0v) is 13.5. The summed E-state index contributed by atoms with van der Waals surface area (Å²) in [7, 11) is 0. The van der Waals surface area contributed by atoms with Crippen LogP contribution < -0.4 is 10.6 Å². The first kappa shape index (κ1) is 16.8. The van der Waals surface area contributed by atoms with Gasteiger partial charge in [-0.05, 0) is 12.0 Å². The Morgan fingerprint density at radius 3 is 2.50 bits per heavy atom. The van der Waals surface area contributed by atoms with E-state index in [4.69, 9.17) is 0 Å². The molecule has 2 fully saturated rings. The van der Waals surface area contributed by atoms with Crippen molar-refractivity contribution in [2.24, 2.45) is 0 Å². The van der Waals surface area contributed by atoms with Crippen molar-refractivity contribution >= 4 is 24.2 Å². The molecule has 0 aliphatic carbocycles. The molecule has 1 aromatic carbocycles. The van der Waals surface area contributed by atoms with Crippen molar-refractivity contribution in [1.82, 2.24) is 15.5 Å². The van der Waals surface area contributed by atoms with Crippen molar-refractivity contribution in [2.45, 2.75) is 37.9 Å². The number of amides is 2. The Bertz CT molecular complexity index is 542. The average molecular weight is 324 g/mol. The summed E-state index contributed by atoms with van der Waals surface area (Å²) >= 11 is 0. The number of halogens is 1. The number of carbonyl (C=O) groups is 2. The van der Waals surface area contributed by atoms with Crippen LogP contribution in [0.3, 0.4) is 0 Å². The molecule has 5 nitrogen and oxygen atoms in total. The van der Waals surface area contributed by atoms with Crippen LogP contribution in [-0.4, -0.2) is 41.5 Å². The zero-order chi connectivity index (χ0) is 14.9. The summed E-state index contributed by atoms with van der Waals surface area (Å²) in [5.41, 5.74) is 0.825. The molecule has 1 spiro atoms. The van der Waals surface area contributed by atoms with E-state index in [0.29, 0.717) is 19.5 Å². The molecule has 3 rings (SSSR count). The molecule has 0 saturated carbocycles. The number of nitrogens with one attached hydrogen (secondary N) is 2. The Balaban J connectivity index is 0.00000176. The van der Waals surface area contributed by atoms with Crippen LogP contribution in [0, 0.1) is 0 Å². The molecule has 22 heavy (non-hydrogen) atoms. The van der Waals surface area contributed by atoms with Gasteiger partial charge in [-0.15, -0.1) is 12.4 Å². The molecule has 1 aromatic rings. The van der Waals surface area contributed by atoms with Gasteiger partial charge in [0.25, 0.3) is 0 Å². The van der Waals surface area contributed by atoms with E-state index in [0.717, 1.165) is 18.4 Å². The predicted molar refractivity (Wildman–Crippen MR) is 86.7 cm³/mol. The van der Waals surface area contributed by atoms with Gasteiger partial charge >= 0.3 is 0 Å². The lowest BCUT2D eigenvalue weighted by Gasteiger charge is -2.39. The predicted octanol–water partition coefficient (Wildman–Crippen LogP) is 1.08. The molecule has 2 aliphatic rings. The summed E-state index contributed by atoms with van der Waals surface area (Å²) in [6.45, 7) is 2.98. The summed E-state index contributed by atoms with van der Waals surface area (Å²) in [6, 6.07) is 9.85. The van der Waals surface area contributed by atoms with Gasteiger partial charge in [0.05, 0.1) is 11.7 Å². The molecular weight excluding hydrogens is 302 g/mol. The van der Waals surface area contributed by atoms with E-state index in [1.807, 2.05) is 35.2 Å². The highest BCUT2D eigenvalue weighted by Crippen LogP contribution is 2.25. The van der Waals surface area contributed by atoms with Crippen molar-refractivity contribution in [3.05, 3.63) is 35.9 Å². The number of nitrogens with zero attached hydrogens (tertiary/aromatic N) is 1. The van der Waals surface area contributed by atoms with E-state index in [2.05, 4.69) is 10.6 Å². The normalized spacial score (nSPS) is 23.0. The minimum absolute atomic E-state index is 0. The average Bonchev–Trinajstić information content (AvgIpc) is 2.76. The topological polar surface area (TPSA) is 61.4 Å². The number of piperidine rings is 1. The van der Waals surface area contributed by atoms with Crippen LogP contribution in [-0.2, 0) is 16.0 Å². The number of carbonyl (C=O) groups excluding carboxylic acids is 2. The van der Waals surface area contributed by atoms with E-state index < -0.39 is 0 Å². The van der Waals surface area contributed by atoms with Crippen molar-refractivity contribution in [3.63, 3.8) is 0 Å².